The molecule has 2 aromatic carbocycles. The molecule has 110 valence electrons. The van der Waals surface area contributed by atoms with Crippen molar-refractivity contribution in [1.29, 1.82) is 0 Å². The standard InChI is InChI=1S/C17H19ClN2S/c1-11-4-9-15(17(19)21)16(10-11)20(3)12(2)13-5-7-14(18)8-6-13/h4-10,12H,1-3H3,(H2,19,21). The third kappa shape index (κ3) is 3.55. The minimum Gasteiger partial charge on any atom is -0.389 e. The molecule has 0 aliphatic rings. The average Bonchev–Trinajstić information content (AvgIpc) is 2.46. The molecule has 0 bridgehead atoms. The van der Waals surface area contributed by atoms with Gasteiger partial charge in [0.05, 0.1) is 6.04 Å². The Kier molecular flexibility index (Phi) is 4.86. The van der Waals surface area contributed by atoms with Crippen molar-refractivity contribution in [2.75, 3.05) is 11.9 Å². The number of nitrogens with zero attached hydrogens (tertiary/aromatic N) is 1. The Labute approximate surface area is 136 Å². The Bertz CT molecular complexity index is 652. The fraction of sp³-hybridized carbons (Fsp3) is 0.235. The third-order valence-electron chi connectivity index (χ3n) is 3.73. The van der Waals surface area contributed by atoms with Crippen molar-refractivity contribution in [1.82, 2.24) is 0 Å². The van der Waals surface area contributed by atoms with Crippen LogP contribution in [0.2, 0.25) is 5.02 Å². The first-order chi connectivity index (χ1) is 9.90. The van der Waals surface area contributed by atoms with Crippen LogP contribution in [0.1, 0.15) is 29.7 Å². The van der Waals surface area contributed by atoms with Crippen molar-refractivity contribution in [3.63, 3.8) is 0 Å². The van der Waals surface area contributed by atoms with Gasteiger partial charge in [-0.25, -0.2) is 0 Å². The minimum absolute atomic E-state index is 0.192. The quantitative estimate of drug-likeness (QED) is 0.843. The van der Waals surface area contributed by atoms with E-state index in [0.29, 0.717) is 4.99 Å². The van der Waals surface area contributed by atoms with Gasteiger partial charge in [-0.15, -0.1) is 0 Å². The van der Waals surface area contributed by atoms with E-state index in [1.54, 1.807) is 0 Å². The lowest BCUT2D eigenvalue weighted by molar-refractivity contribution is 0.739. The van der Waals surface area contributed by atoms with Crippen LogP contribution in [-0.4, -0.2) is 12.0 Å². The van der Waals surface area contributed by atoms with Crippen LogP contribution in [0, 0.1) is 6.92 Å². The molecule has 0 aliphatic heterocycles. The van der Waals surface area contributed by atoms with Crippen LogP contribution < -0.4 is 10.6 Å². The molecule has 0 amide bonds. The highest BCUT2D eigenvalue weighted by atomic mass is 35.5. The summed E-state index contributed by atoms with van der Waals surface area (Å²) >= 11 is 11.1. The van der Waals surface area contributed by atoms with Gasteiger partial charge in [0.1, 0.15) is 4.99 Å². The van der Waals surface area contributed by atoms with Crippen LogP contribution in [-0.2, 0) is 0 Å². The summed E-state index contributed by atoms with van der Waals surface area (Å²) in [6, 6.07) is 14.2. The maximum absolute atomic E-state index is 5.95. The molecule has 0 heterocycles. The number of nitrogens with two attached hydrogens (primary N) is 1. The molecule has 21 heavy (non-hydrogen) atoms. The van der Waals surface area contributed by atoms with E-state index in [4.69, 9.17) is 29.6 Å². The zero-order chi connectivity index (χ0) is 15.6. The largest absolute Gasteiger partial charge is 0.389 e. The Balaban J connectivity index is 2.39. The minimum atomic E-state index is 0.192. The van der Waals surface area contributed by atoms with Gasteiger partial charge in [0.2, 0.25) is 0 Å². The second-order valence-electron chi connectivity index (χ2n) is 5.22. The molecule has 4 heteroatoms. The van der Waals surface area contributed by atoms with Crippen LogP contribution in [0.15, 0.2) is 42.5 Å². The first kappa shape index (κ1) is 15.8. The Morgan fingerprint density at radius 1 is 1.19 bits per heavy atom. The highest BCUT2D eigenvalue weighted by Gasteiger charge is 2.16. The van der Waals surface area contributed by atoms with Crippen molar-refractivity contribution in [3.8, 4) is 0 Å². The van der Waals surface area contributed by atoms with E-state index in [2.05, 4.69) is 31.9 Å². The molecular formula is C17H19ClN2S. The van der Waals surface area contributed by atoms with Gasteiger partial charge < -0.3 is 10.6 Å². The molecule has 0 fully saturated rings. The van der Waals surface area contributed by atoms with Gasteiger partial charge in [-0.2, -0.15) is 0 Å². The number of benzene rings is 2. The van der Waals surface area contributed by atoms with Gasteiger partial charge in [-0.05, 0) is 49.2 Å². The summed E-state index contributed by atoms with van der Waals surface area (Å²) in [5.41, 5.74) is 10.2. The third-order valence-corrected chi connectivity index (χ3v) is 4.20. The lowest BCUT2D eigenvalue weighted by atomic mass is 10.0. The molecule has 1 unspecified atom stereocenters. The number of anilines is 1. The topological polar surface area (TPSA) is 29.3 Å². The number of aryl methyl sites for hydroxylation is 1. The van der Waals surface area contributed by atoms with Crippen molar-refractivity contribution in [3.05, 3.63) is 64.2 Å². The van der Waals surface area contributed by atoms with E-state index in [9.17, 15) is 0 Å². The molecule has 0 aromatic heterocycles. The van der Waals surface area contributed by atoms with E-state index < -0.39 is 0 Å². The molecular weight excluding hydrogens is 300 g/mol. The smallest absolute Gasteiger partial charge is 0.106 e. The Hall–Kier alpha value is -1.58. The van der Waals surface area contributed by atoms with Gasteiger partial charge in [-0.1, -0.05) is 42.0 Å². The van der Waals surface area contributed by atoms with E-state index in [0.717, 1.165) is 16.3 Å². The molecule has 1 atom stereocenters. The number of rotatable bonds is 4. The molecule has 0 aliphatic carbocycles. The second kappa shape index (κ2) is 6.46. The van der Waals surface area contributed by atoms with Crippen molar-refractivity contribution in [2.24, 2.45) is 5.73 Å². The number of halogens is 1. The predicted octanol–water partition coefficient (Wildman–Crippen LogP) is 4.48. The van der Waals surface area contributed by atoms with E-state index in [-0.39, 0.29) is 6.04 Å². The molecule has 0 saturated heterocycles. The van der Waals surface area contributed by atoms with Crippen LogP contribution in [0.4, 0.5) is 5.69 Å². The first-order valence-corrected chi connectivity index (χ1v) is 7.57. The van der Waals surface area contributed by atoms with Crippen LogP contribution in [0.5, 0.6) is 0 Å². The molecule has 2 aromatic rings. The normalized spacial score (nSPS) is 12.0. The lowest BCUT2D eigenvalue weighted by Crippen LogP contribution is -2.25. The average molecular weight is 319 g/mol. The second-order valence-corrected chi connectivity index (χ2v) is 6.10. The van der Waals surface area contributed by atoms with E-state index in [1.807, 2.05) is 36.4 Å². The summed E-state index contributed by atoms with van der Waals surface area (Å²) in [7, 11) is 2.05. The molecule has 0 radical (unpaired) electrons. The fourth-order valence-corrected chi connectivity index (χ4v) is 2.61. The van der Waals surface area contributed by atoms with Gasteiger partial charge >= 0.3 is 0 Å². The number of hydrogen-bond acceptors (Lipinski definition) is 2. The van der Waals surface area contributed by atoms with E-state index >= 15 is 0 Å². The van der Waals surface area contributed by atoms with Crippen molar-refractivity contribution in [2.45, 2.75) is 19.9 Å². The van der Waals surface area contributed by atoms with Crippen LogP contribution >= 0.6 is 23.8 Å². The molecule has 2 N–H and O–H groups in total. The molecule has 0 saturated carbocycles. The van der Waals surface area contributed by atoms with E-state index in [1.165, 1.54) is 11.1 Å². The zero-order valence-electron chi connectivity index (χ0n) is 12.4. The van der Waals surface area contributed by atoms with Gasteiger partial charge in [0, 0.05) is 23.3 Å². The summed E-state index contributed by atoms with van der Waals surface area (Å²) < 4.78 is 0. The first-order valence-electron chi connectivity index (χ1n) is 6.79. The molecule has 0 spiro atoms. The maximum Gasteiger partial charge on any atom is 0.106 e. The monoisotopic (exact) mass is 318 g/mol. The van der Waals surface area contributed by atoms with Gasteiger partial charge in [0.25, 0.3) is 0 Å². The van der Waals surface area contributed by atoms with Crippen LogP contribution in [0.25, 0.3) is 0 Å². The number of thiocarbonyl (C=S) groups is 1. The predicted molar refractivity (Wildman–Crippen MR) is 95.3 cm³/mol. The molecule has 2 nitrogen and oxygen atoms in total. The summed E-state index contributed by atoms with van der Waals surface area (Å²) in [4.78, 5) is 2.60. The fourth-order valence-electron chi connectivity index (χ4n) is 2.32. The van der Waals surface area contributed by atoms with Crippen LogP contribution in [0.3, 0.4) is 0 Å². The van der Waals surface area contributed by atoms with Gasteiger partial charge in [0.15, 0.2) is 0 Å². The van der Waals surface area contributed by atoms with Crippen molar-refractivity contribution >= 4 is 34.5 Å². The highest BCUT2D eigenvalue weighted by molar-refractivity contribution is 7.80. The Morgan fingerprint density at radius 3 is 2.38 bits per heavy atom. The maximum atomic E-state index is 5.95. The highest BCUT2D eigenvalue weighted by Crippen LogP contribution is 2.29. The Morgan fingerprint density at radius 2 is 1.81 bits per heavy atom. The van der Waals surface area contributed by atoms with Gasteiger partial charge in [-0.3, -0.25) is 0 Å². The SMILES string of the molecule is Cc1ccc(C(N)=S)c(N(C)C(C)c2ccc(Cl)cc2)c1. The summed E-state index contributed by atoms with van der Waals surface area (Å²) in [5, 5.41) is 0.744. The number of hydrogen-bond donors (Lipinski definition) is 1. The zero-order valence-corrected chi connectivity index (χ0v) is 14.0. The summed E-state index contributed by atoms with van der Waals surface area (Å²) in [6.07, 6.45) is 0. The summed E-state index contributed by atoms with van der Waals surface area (Å²) in [6.45, 7) is 4.21. The lowest BCUT2D eigenvalue weighted by Gasteiger charge is -2.29. The van der Waals surface area contributed by atoms with Crippen molar-refractivity contribution < 1.29 is 0 Å². The summed E-state index contributed by atoms with van der Waals surface area (Å²) in [5.74, 6) is 0. The molecule has 2 rings (SSSR count).